The van der Waals surface area contributed by atoms with E-state index in [1.54, 1.807) is 36.4 Å². The Morgan fingerprint density at radius 3 is 2.39 bits per heavy atom. The number of hydrogen-bond acceptors (Lipinski definition) is 7. The topological polar surface area (TPSA) is 115 Å². The number of aryl methyl sites for hydroxylation is 1. The molecule has 0 unspecified atom stereocenters. The molecule has 0 bridgehead atoms. The van der Waals surface area contributed by atoms with Gasteiger partial charge in [0.25, 0.3) is 11.8 Å². The maximum absolute atomic E-state index is 13.9. The zero-order valence-corrected chi connectivity index (χ0v) is 22.2. The average Bonchev–Trinajstić information content (AvgIpc) is 3.55. The standard InChI is InChI=1S/C28H32N6O4/c1-6-37-22-15-13-21(14-16-22)34(25(23-8-7-17-38-23)27(36)29-28(3,4)5)24(35)18-33-31-26(30-32-33)20-11-9-19(2)10-12-20/h7-17,25H,6,18H2,1-5H3,(H,29,36)/t25-/m1/s1. The lowest BCUT2D eigenvalue weighted by Gasteiger charge is -2.32. The number of tetrazole rings is 1. The minimum atomic E-state index is -1.07. The van der Waals surface area contributed by atoms with Gasteiger partial charge in [0, 0.05) is 16.8 Å². The quantitative estimate of drug-likeness (QED) is 0.352. The van der Waals surface area contributed by atoms with Gasteiger partial charge in [0.05, 0.1) is 12.9 Å². The summed E-state index contributed by atoms with van der Waals surface area (Å²) >= 11 is 0. The monoisotopic (exact) mass is 516 g/mol. The molecule has 1 atom stereocenters. The fourth-order valence-corrected chi connectivity index (χ4v) is 3.89. The number of carbonyl (C=O) groups is 2. The molecule has 2 amide bonds. The van der Waals surface area contributed by atoms with Crippen LogP contribution in [0, 0.1) is 6.92 Å². The van der Waals surface area contributed by atoms with Crippen LogP contribution in [-0.2, 0) is 16.1 Å². The van der Waals surface area contributed by atoms with Crippen LogP contribution in [0.15, 0.2) is 71.3 Å². The van der Waals surface area contributed by atoms with Gasteiger partial charge in [0.15, 0.2) is 6.04 Å². The van der Waals surface area contributed by atoms with Gasteiger partial charge in [-0.3, -0.25) is 14.5 Å². The summed E-state index contributed by atoms with van der Waals surface area (Å²) in [4.78, 5) is 30.1. The highest BCUT2D eigenvalue weighted by atomic mass is 16.5. The fourth-order valence-electron chi connectivity index (χ4n) is 3.89. The zero-order chi connectivity index (χ0) is 27.3. The Morgan fingerprint density at radius 1 is 1.08 bits per heavy atom. The molecule has 2 aromatic carbocycles. The molecule has 10 nitrogen and oxygen atoms in total. The van der Waals surface area contributed by atoms with Gasteiger partial charge < -0.3 is 14.5 Å². The number of nitrogens with zero attached hydrogens (tertiary/aromatic N) is 5. The summed E-state index contributed by atoms with van der Waals surface area (Å²) in [5.74, 6) is 0.562. The molecule has 38 heavy (non-hydrogen) atoms. The second kappa shape index (κ2) is 11.3. The van der Waals surface area contributed by atoms with Gasteiger partial charge in [0.1, 0.15) is 18.1 Å². The molecular weight excluding hydrogens is 484 g/mol. The van der Waals surface area contributed by atoms with Crippen molar-refractivity contribution < 1.29 is 18.7 Å². The van der Waals surface area contributed by atoms with Crippen LogP contribution < -0.4 is 15.0 Å². The number of amides is 2. The predicted octanol–water partition coefficient (Wildman–Crippen LogP) is 4.33. The molecule has 4 aromatic rings. The van der Waals surface area contributed by atoms with Crippen molar-refractivity contribution in [2.45, 2.75) is 52.7 Å². The molecule has 0 aliphatic heterocycles. The molecule has 4 rings (SSSR count). The average molecular weight is 517 g/mol. The molecule has 0 spiro atoms. The number of aromatic nitrogens is 4. The number of anilines is 1. The summed E-state index contributed by atoms with van der Waals surface area (Å²) in [6.07, 6.45) is 1.47. The lowest BCUT2D eigenvalue weighted by atomic mass is 10.1. The van der Waals surface area contributed by atoms with Crippen molar-refractivity contribution in [1.29, 1.82) is 0 Å². The van der Waals surface area contributed by atoms with Crippen LogP contribution in [0.3, 0.4) is 0 Å². The molecule has 0 aliphatic carbocycles. The van der Waals surface area contributed by atoms with E-state index in [2.05, 4.69) is 20.7 Å². The van der Waals surface area contributed by atoms with E-state index in [-0.39, 0.29) is 12.5 Å². The van der Waals surface area contributed by atoms with E-state index in [1.165, 1.54) is 16.0 Å². The van der Waals surface area contributed by atoms with E-state index in [4.69, 9.17) is 9.15 Å². The van der Waals surface area contributed by atoms with E-state index in [0.717, 1.165) is 11.1 Å². The molecule has 198 valence electrons. The van der Waals surface area contributed by atoms with E-state index >= 15 is 0 Å². The number of carbonyl (C=O) groups excluding carboxylic acids is 2. The number of rotatable bonds is 9. The molecule has 0 saturated carbocycles. The fraction of sp³-hybridized carbons (Fsp3) is 0.321. The predicted molar refractivity (Wildman–Crippen MR) is 142 cm³/mol. The molecule has 0 saturated heterocycles. The van der Waals surface area contributed by atoms with Gasteiger partial charge in [-0.1, -0.05) is 29.8 Å². The SMILES string of the molecule is CCOc1ccc(N(C(=O)Cn2nnc(-c3ccc(C)cc3)n2)[C@@H](C(=O)NC(C)(C)C)c2ccco2)cc1. The van der Waals surface area contributed by atoms with Crippen LogP contribution in [-0.4, -0.2) is 44.2 Å². The second-order valence-electron chi connectivity index (χ2n) is 9.86. The summed E-state index contributed by atoms with van der Waals surface area (Å²) in [7, 11) is 0. The van der Waals surface area contributed by atoms with Crippen LogP contribution in [0.2, 0.25) is 0 Å². The summed E-state index contributed by atoms with van der Waals surface area (Å²) in [5.41, 5.74) is 1.85. The van der Waals surface area contributed by atoms with Gasteiger partial charge in [-0.05, 0) is 76.2 Å². The van der Waals surface area contributed by atoms with Gasteiger partial charge in [-0.15, -0.1) is 10.2 Å². The Balaban J connectivity index is 1.70. The summed E-state index contributed by atoms with van der Waals surface area (Å²) in [5, 5.41) is 15.6. The molecule has 0 aliphatic rings. The minimum absolute atomic E-state index is 0.244. The Kier molecular flexibility index (Phi) is 7.90. The Bertz CT molecular complexity index is 1360. The van der Waals surface area contributed by atoms with Gasteiger partial charge >= 0.3 is 0 Å². The van der Waals surface area contributed by atoms with Crippen molar-refractivity contribution in [3.8, 4) is 17.1 Å². The Morgan fingerprint density at radius 2 is 1.79 bits per heavy atom. The highest BCUT2D eigenvalue weighted by Crippen LogP contribution is 2.31. The van der Waals surface area contributed by atoms with Crippen molar-refractivity contribution in [2.75, 3.05) is 11.5 Å². The van der Waals surface area contributed by atoms with Crippen LogP contribution in [0.1, 0.15) is 45.1 Å². The molecular formula is C28H32N6O4. The van der Waals surface area contributed by atoms with Crippen molar-refractivity contribution >= 4 is 17.5 Å². The van der Waals surface area contributed by atoms with Crippen molar-refractivity contribution in [3.05, 3.63) is 78.3 Å². The molecule has 2 aromatic heterocycles. The number of nitrogens with one attached hydrogen (secondary N) is 1. The lowest BCUT2D eigenvalue weighted by molar-refractivity contribution is -0.128. The number of hydrogen-bond donors (Lipinski definition) is 1. The molecule has 0 radical (unpaired) electrons. The molecule has 1 N–H and O–H groups in total. The third-order valence-electron chi connectivity index (χ3n) is 5.55. The molecule has 2 heterocycles. The molecule has 10 heteroatoms. The van der Waals surface area contributed by atoms with Crippen LogP contribution in [0.5, 0.6) is 5.75 Å². The number of furan rings is 1. The van der Waals surface area contributed by atoms with Crippen LogP contribution >= 0.6 is 0 Å². The maximum atomic E-state index is 13.9. The highest BCUT2D eigenvalue weighted by molar-refractivity contribution is 6.01. The first-order valence-electron chi connectivity index (χ1n) is 12.4. The largest absolute Gasteiger partial charge is 0.494 e. The van der Waals surface area contributed by atoms with Gasteiger partial charge in [-0.25, -0.2) is 0 Å². The van der Waals surface area contributed by atoms with Crippen molar-refractivity contribution in [3.63, 3.8) is 0 Å². The van der Waals surface area contributed by atoms with Crippen molar-refractivity contribution in [2.24, 2.45) is 0 Å². The Labute approximate surface area is 221 Å². The van der Waals surface area contributed by atoms with Crippen LogP contribution in [0.4, 0.5) is 5.69 Å². The second-order valence-corrected chi connectivity index (χ2v) is 9.86. The van der Waals surface area contributed by atoms with E-state index in [9.17, 15) is 9.59 Å². The summed E-state index contributed by atoms with van der Waals surface area (Å²) in [6, 6.07) is 17.0. The Hall–Kier alpha value is -4.47. The maximum Gasteiger partial charge on any atom is 0.251 e. The third-order valence-corrected chi connectivity index (χ3v) is 5.55. The zero-order valence-electron chi connectivity index (χ0n) is 22.2. The van der Waals surface area contributed by atoms with Crippen molar-refractivity contribution in [1.82, 2.24) is 25.5 Å². The first kappa shape index (κ1) is 26.6. The highest BCUT2D eigenvalue weighted by Gasteiger charge is 2.36. The summed E-state index contributed by atoms with van der Waals surface area (Å²) in [6.45, 7) is 9.77. The normalized spacial score (nSPS) is 12.1. The van der Waals surface area contributed by atoms with E-state index < -0.39 is 17.5 Å². The first-order chi connectivity index (χ1) is 18.1. The summed E-state index contributed by atoms with van der Waals surface area (Å²) < 4.78 is 11.2. The van der Waals surface area contributed by atoms with E-state index in [1.807, 2.05) is 58.9 Å². The van der Waals surface area contributed by atoms with Gasteiger partial charge in [0.2, 0.25) is 5.82 Å². The first-order valence-corrected chi connectivity index (χ1v) is 12.4. The van der Waals surface area contributed by atoms with Crippen LogP contribution in [0.25, 0.3) is 11.4 Å². The van der Waals surface area contributed by atoms with E-state index in [0.29, 0.717) is 29.6 Å². The minimum Gasteiger partial charge on any atom is -0.494 e. The number of benzene rings is 2. The van der Waals surface area contributed by atoms with Gasteiger partial charge in [-0.2, -0.15) is 4.80 Å². The number of ether oxygens (including phenoxy) is 1. The smallest absolute Gasteiger partial charge is 0.251 e. The lowest BCUT2D eigenvalue weighted by Crippen LogP contribution is -2.50. The molecule has 0 fully saturated rings. The third kappa shape index (κ3) is 6.44.